The van der Waals surface area contributed by atoms with Crippen LogP contribution in [-0.2, 0) is 0 Å². The van der Waals surface area contributed by atoms with E-state index in [-0.39, 0.29) is 30.9 Å². The Bertz CT molecular complexity index is 210. The first kappa shape index (κ1) is 14.0. The van der Waals surface area contributed by atoms with E-state index in [0.717, 1.165) is 5.56 Å². The molecular formula is C7H13Cl2N3. The Hall–Kier alpha value is -0.510. The molecule has 1 rings (SSSR count). The summed E-state index contributed by atoms with van der Waals surface area (Å²) in [5, 5.41) is 0. The molecule has 0 aromatic carbocycles. The van der Waals surface area contributed by atoms with Crippen LogP contribution in [0.1, 0.15) is 18.5 Å². The van der Waals surface area contributed by atoms with E-state index in [9.17, 15) is 0 Å². The summed E-state index contributed by atoms with van der Waals surface area (Å²) < 4.78 is 0. The predicted molar refractivity (Wildman–Crippen MR) is 55.7 cm³/mol. The molecule has 0 radical (unpaired) electrons. The van der Waals surface area contributed by atoms with Gasteiger partial charge in [0.15, 0.2) is 0 Å². The lowest BCUT2D eigenvalue weighted by Crippen LogP contribution is -2.05. The molecule has 1 unspecified atom stereocenters. The number of anilines is 1. The first-order valence-electron chi connectivity index (χ1n) is 3.17. The van der Waals surface area contributed by atoms with Gasteiger partial charge >= 0.3 is 0 Å². The molecule has 12 heavy (non-hydrogen) atoms. The Labute approximate surface area is 84.4 Å². The minimum absolute atomic E-state index is 0. The second-order valence-corrected chi connectivity index (χ2v) is 2.31. The highest BCUT2D eigenvalue weighted by atomic mass is 35.5. The smallest absolute Gasteiger partial charge is 0.123 e. The minimum Gasteiger partial charge on any atom is -0.384 e. The molecular weight excluding hydrogens is 197 g/mol. The van der Waals surface area contributed by atoms with E-state index < -0.39 is 0 Å². The fourth-order valence-corrected chi connectivity index (χ4v) is 0.686. The van der Waals surface area contributed by atoms with Gasteiger partial charge in [-0.05, 0) is 18.6 Å². The van der Waals surface area contributed by atoms with Crippen LogP contribution in [0.4, 0.5) is 5.82 Å². The number of hydrogen-bond acceptors (Lipinski definition) is 3. The topological polar surface area (TPSA) is 64.9 Å². The summed E-state index contributed by atoms with van der Waals surface area (Å²) in [4.78, 5) is 3.90. The number of nitrogen functional groups attached to an aromatic ring is 1. The monoisotopic (exact) mass is 209 g/mol. The molecule has 1 aromatic heterocycles. The second kappa shape index (κ2) is 6.06. The van der Waals surface area contributed by atoms with Crippen molar-refractivity contribution in [3.05, 3.63) is 23.9 Å². The third-order valence-electron chi connectivity index (χ3n) is 1.34. The van der Waals surface area contributed by atoms with Gasteiger partial charge in [-0.25, -0.2) is 4.98 Å². The molecule has 0 spiro atoms. The van der Waals surface area contributed by atoms with Gasteiger partial charge in [0.2, 0.25) is 0 Å². The van der Waals surface area contributed by atoms with Gasteiger partial charge in [-0.3, -0.25) is 0 Å². The maximum absolute atomic E-state index is 5.58. The van der Waals surface area contributed by atoms with Gasteiger partial charge in [0.1, 0.15) is 5.82 Å². The maximum Gasteiger partial charge on any atom is 0.123 e. The summed E-state index contributed by atoms with van der Waals surface area (Å²) in [6.45, 7) is 1.91. The summed E-state index contributed by atoms with van der Waals surface area (Å²) >= 11 is 0. The lowest BCUT2D eigenvalue weighted by atomic mass is 10.2. The van der Waals surface area contributed by atoms with Crippen molar-refractivity contribution in [3.63, 3.8) is 0 Å². The van der Waals surface area contributed by atoms with Crippen LogP contribution in [0.3, 0.4) is 0 Å². The maximum atomic E-state index is 5.58. The summed E-state index contributed by atoms with van der Waals surface area (Å²) in [7, 11) is 0. The standard InChI is InChI=1S/C7H11N3.2ClH/c1-5(8)6-2-3-7(9)10-4-6;;/h2-5H,8H2,1H3,(H2,9,10);2*1H. The largest absolute Gasteiger partial charge is 0.384 e. The summed E-state index contributed by atoms with van der Waals surface area (Å²) in [5.74, 6) is 0.532. The Morgan fingerprint density at radius 2 is 1.92 bits per heavy atom. The molecule has 0 saturated heterocycles. The number of pyridine rings is 1. The fraction of sp³-hybridized carbons (Fsp3) is 0.286. The van der Waals surface area contributed by atoms with Crippen molar-refractivity contribution in [2.45, 2.75) is 13.0 Å². The fourth-order valence-electron chi connectivity index (χ4n) is 0.686. The molecule has 0 aliphatic rings. The molecule has 1 atom stereocenters. The Balaban J connectivity index is 0. The van der Waals surface area contributed by atoms with Gasteiger partial charge in [-0.15, -0.1) is 24.8 Å². The lowest BCUT2D eigenvalue weighted by molar-refractivity contribution is 0.812. The van der Waals surface area contributed by atoms with Crippen molar-refractivity contribution < 1.29 is 0 Å². The van der Waals surface area contributed by atoms with Crippen LogP contribution in [-0.4, -0.2) is 4.98 Å². The van der Waals surface area contributed by atoms with Crippen molar-refractivity contribution in [1.82, 2.24) is 4.98 Å². The van der Waals surface area contributed by atoms with E-state index in [1.807, 2.05) is 13.0 Å². The van der Waals surface area contributed by atoms with Crippen LogP contribution in [0.15, 0.2) is 18.3 Å². The highest BCUT2D eigenvalue weighted by Gasteiger charge is 1.96. The average molecular weight is 210 g/mol. The molecule has 1 aromatic rings. The van der Waals surface area contributed by atoms with Gasteiger partial charge in [-0.1, -0.05) is 6.07 Å². The number of aromatic nitrogens is 1. The second-order valence-electron chi connectivity index (χ2n) is 2.31. The highest BCUT2D eigenvalue weighted by Crippen LogP contribution is 2.07. The number of rotatable bonds is 1. The zero-order valence-electron chi connectivity index (χ0n) is 6.73. The molecule has 0 aliphatic heterocycles. The Morgan fingerprint density at radius 1 is 1.33 bits per heavy atom. The van der Waals surface area contributed by atoms with E-state index in [4.69, 9.17) is 11.5 Å². The van der Waals surface area contributed by atoms with E-state index >= 15 is 0 Å². The van der Waals surface area contributed by atoms with Crippen molar-refractivity contribution in [3.8, 4) is 0 Å². The first-order valence-corrected chi connectivity index (χ1v) is 3.17. The number of halogens is 2. The Kier molecular flexibility index (Phi) is 7.09. The van der Waals surface area contributed by atoms with Crippen LogP contribution < -0.4 is 11.5 Å². The lowest BCUT2D eigenvalue weighted by Gasteiger charge is -2.03. The van der Waals surface area contributed by atoms with Crippen molar-refractivity contribution in [1.29, 1.82) is 0 Å². The zero-order valence-corrected chi connectivity index (χ0v) is 8.36. The zero-order chi connectivity index (χ0) is 7.56. The van der Waals surface area contributed by atoms with Gasteiger partial charge in [0, 0.05) is 12.2 Å². The molecule has 0 fully saturated rings. The third-order valence-corrected chi connectivity index (χ3v) is 1.34. The number of hydrogen-bond donors (Lipinski definition) is 2. The number of nitrogens with zero attached hydrogens (tertiary/aromatic N) is 1. The van der Waals surface area contributed by atoms with Crippen molar-refractivity contribution in [2.24, 2.45) is 5.73 Å². The van der Waals surface area contributed by atoms with Crippen LogP contribution >= 0.6 is 24.8 Å². The van der Waals surface area contributed by atoms with Crippen molar-refractivity contribution >= 4 is 30.6 Å². The molecule has 1 heterocycles. The molecule has 3 nitrogen and oxygen atoms in total. The summed E-state index contributed by atoms with van der Waals surface area (Å²) in [5.41, 5.74) is 12.0. The first-order chi connectivity index (χ1) is 4.70. The quantitative estimate of drug-likeness (QED) is 0.738. The van der Waals surface area contributed by atoms with E-state index in [1.54, 1.807) is 12.3 Å². The van der Waals surface area contributed by atoms with Crippen LogP contribution in [0.2, 0.25) is 0 Å². The van der Waals surface area contributed by atoms with Gasteiger partial charge in [0.05, 0.1) is 0 Å². The molecule has 0 aliphatic carbocycles. The molecule has 5 heteroatoms. The summed E-state index contributed by atoms with van der Waals surface area (Å²) in [6, 6.07) is 3.67. The predicted octanol–water partition coefficient (Wildman–Crippen LogP) is 1.53. The molecule has 4 N–H and O–H groups in total. The SMILES string of the molecule is CC(N)c1ccc(N)nc1.Cl.Cl. The van der Waals surface area contributed by atoms with Gasteiger partial charge in [0.25, 0.3) is 0 Å². The van der Waals surface area contributed by atoms with Crippen LogP contribution in [0.25, 0.3) is 0 Å². The minimum atomic E-state index is 0. The van der Waals surface area contributed by atoms with Gasteiger partial charge < -0.3 is 11.5 Å². The van der Waals surface area contributed by atoms with E-state index in [1.165, 1.54) is 0 Å². The van der Waals surface area contributed by atoms with E-state index in [0.29, 0.717) is 5.82 Å². The number of nitrogens with two attached hydrogens (primary N) is 2. The Morgan fingerprint density at radius 3 is 2.25 bits per heavy atom. The molecule has 0 saturated carbocycles. The summed E-state index contributed by atoms with van der Waals surface area (Å²) in [6.07, 6.45) is 1.69. The highest BCUT2D eigenvalue weighted by molar-refractivity contribution is 5.85. The van der Waals surface area contributed by atoms with Crippen LogP contribution in [0, 0.1) is 0 Å². The van der Waals surface area contributed by atoms with Crippen LogP contribution in [0.5, 0.6) is 0 Å². The normalized spacial score (nSPS) is 10.8. The van der Waals surface area contributed by atoms with E-state index in [2.05, 4.69) is 4.98 Å². The van der Waals surface area contributed by atoms with Gasteiger partial charge in [-0.2, -0.15) is 0 Å². The average Bonchev–Trinajstić information content (AvgIpc) is 1.88. The molecule has 0 bridgehead atoms. The molecule has 70 valence electrons. The third kappa shape index (κ3) is 3.76. The molecule has 0 amide bonds. The van der Waals surface area contributed by atoms with Crippen molar-refractivity contribution in [2.75, 3.05) is 5.73 Å².